The molecule has 5 nitrogen and oxygen atoms in total. The maximum atomic E-state index is 9.81. The van der Waals surface area contributed by atoms with Gasteiger partial charge in [0.1, 0.15) is 18.3 Å². The number of aliphatic hydroxyl groups excluding tert-OH is 4. The number of hydrogen-bond acceptors (Lipinski definition) is 5. The summed E-state index contributed by atoms with van der Waals surface area (Å²) in [6.07, 6.45) is -5.42. The van der Waals surface area contributed by atoms with Gasteiger partial charge >= 0.3 is 0 Å². The van der Waals surface area contributed by atoms with Crippen molar-refractivity contribution in [3.8, 4) is 0 Å². The van der Waals surface area contributed by atoms with Crippen LogP contribution in [0, 0.1) is 0 Å². The highest BCUT2D eigenvalue weighted by Crippen LogP contribution is 1.96. The Kier molecular flexibility index (Phi) is 3.31. The van der Waals surface area contributed by atoms with Crippen molar-refractivity contribution < 1.29 is 26.6 Å². The molecule has 10 heavy (non-hydrogen) atoms. The molecule has 0 radical (unpaired) electrons. The van der Waals surface area contributed by atoms with Crippen LogP contribution in [-0.4, -0.2) is 51.6 Å². The van der Waals surface area contributed by atoms with E-state index in [1.807, 2.05) is 0 Å². The van der Waals surface area contributed by atoms with Crippen molar-refractivity contribution in [2.45, 2.75) is 18.3 Å². The Hall–Kier alpha value is -0.490. The van der Waals surface area contributed by atoms with Gasteiger partial charge in [-0.05, 0) is 0 Å². The second-order valence-electron chi connectivity index (χ2n) is 1.76. The van der Waals surface area contributed by atoms with Gasteiger partial charge in [0, 0.05) is 0 Å². The van der Waals surface area contributed by atoms with Gasteiger partial charge in [-0.2, -0.15) is 0 Å². The molecule has 0 bridgehead atoms. The number of carbonyl (C=O) groups is 1. The van der Waals surface area contributed by atoms with E-state index in [4.69, 9.17) is 21.8 Å². The Morgan fingerprint density at radius 1 is 1.50 bits per heavy atom. The van der Waals surface area contributed by atoms with E-state index >= 15 is 0 Å². The predicted octanol–water partition coefficient (Wildman–Crippen LogP) is -2.74. The Bertz CT molecular complexity index is 128. The third kappa shape index (κ3) is 2.40. The second-order valence-corrected chi connectivity index (χ2v) is 1.76. The lowest BCUT2D eigenvalue weighted by Gasteiger charge is -2.16. The van der Waals surface area contributed by atoms with Crippen molar-refractivity contribution in [2.75, 3.05) is 6.58 Å². The van der Waals surface area contributed by atoms with Crippen LogP contribution in [0.5, 0.6) is 0 Å². The minimum absolute atomic E-state index is 0.0102. The number of hydrogen-bond donors (Lipinski definition) is 4. The topological polar surface area (TPSA) is 98.0 Å². The van der Waals surface area contributed by atoms with Crippen molar-refractivity contribution >= 4 is 6.29 Å². The van der Waals surface area contributed by atoms with Crippen LogP contribution in [0.4, 0.5) is 0 Å². The van der Waals surface area contributed by atoms with Crippen LogP contribution in [-0.2, 0) is 4.79 Å². The van der Waals surface area contributed by atoms with Crippen LogP contribution in [0.3, 0.4) is 0 Å². The van der Waals surface area contributed by atoms with Crippen LogP contribution < -0.4 is 0 Å². The quantitative estimate of drug-likeness (QED) is 0.327. The average molecular weight is 151 g/mol. The van der Waals surface area contributed by atoms with Crippen LogP contribution in [0.25, 0.3) is 0 Å². The zero-order valence-electron chi connectivity index (χ0n) is 6.08. The molecule has 0 rings (SSSR count). The molecule has 0 fully saturated rings. The normalized spacial score (nSPS) is 24.2. The molecule has 0 aromatic carbocycles. The SMILES string of the molecule is [2H][C@@H](O)[C@@H](O)[C@@H](O)[C@@H](O)C=O. The molecule has 0 aromatic heterocycles. The number of aldehydes is 1. The molecule has 5 heteroatoms. The Labute approximate surface area is 58.9 Å². The highest BCUT2D eigenvalue weighted by molar-refractivity contribution is 5.56. The zero-order valence-corrected chi connectivity index (χ0v) is 5.08. The van der Waals surface area contributed by atoms with Gasteiger partial charge in [-0.1, -0.05) is 0 Å². The largest absolute Gasteiger partial charge is 0.394 e. The van der Waals surface area contributed by atoms with Crippen LogP contribution in [0.2, 0.25) is 0 Å². The van der Waals surface area contributed by atoms with Gasteiger partial charge in [0.15, 0.2) is 6.29 Å². The van der Waals surface area contributed by atoms with Crippen molar-refractivity contribution in [3.63, 3.8) is 0 Å². The van der Waals surface area contributed by atoms with E-state index in [1.54, 1.807) is 0 Å². The molecule has 0 saturated heterocycles. The Morgan fingerprint density at radius 2 is 2.00 bits per heavy atom. The minimum atomic E-state index is -1.93. The first-order valence-electron chi connectivity index (χ1n) is 3.18. The second kappa shape index (κ2) is 4.35. The van der Waals surface area contributed by atoms with Gasteiger partial charge in [-0.3, -0.25) is 0 Å². The van der Waals surface area contributed by atoms with E-state index < -0.39 is 24.9 Å². The lowest BCUT2D eigenvalue weighted by atomic mass is 10.1. The van der Waals surface area contributed by atoms with E-state index in [2.05, 4.69) is 0 Å². The number of aliphatic hydroxyl groups is 4. The van der Waals surface area contributed by atoms with Gasteiger partial charge in [-0.25, -0.2) is 0 Å². The fraction of sp³-hybridized carbons (Fsp3) is 0.800. The summed E-state index contributed by atoms with van der Waals surface area (Å²) >= 11 is 0. The summed E-state index contributed by atoms with van der Waals surface area (Å²) in [5.74, 6) is 0. The van der Waals surface area contributed by atoms with Crippen molar-refractivity contribution in [2.24, 2.45) is 0 Å². The molecule has 0 aliphatic heterocycles. The smallest absolute Gasteiger partial charge is 0.151 e. The van der Waals surface area contributed by atoms with Crippen molar-refractivity contribution in [1.82, 2.24) is 0 Å². The first kappa shape index (κ1) is 7.62. The molecular formula is C5H10O5. The fourth-order valence-corrected chi connectivity index (χ4v) is 0.371. The third-order valence-electron chi connectivity index (χ3n) is 0.992. The first-order chi connectivity index (χ1) is 5.00. The van der Waals surface area contributed by atoms with E-state index in [0.717, 1.165) is 0 Å². The maximum Gasteiger partial charge on any atom is 0.151 e. The summed E-state index contributed by atoms with van der Waals surface area (Å²) in [5.41, 5.74) is 0. The van der Waals surface area contributed by atoms with E-state index in [1.165, 1.54) is 0 Å². The molecule has 0 unspecified atom stereocenters. The maximum absolute atomic E-state index is 9.81. The highest BCUT2D eigenvalue weighted by Gasteiger charge is 2.22. The lowest BCUT2D eigenvalue weighted by molar-refractivity contribution is -0.127. The summed E-state index contributed by atoms with van der Waals surface area (Å²) in [6.45, 7) is -1.93. The molecule has 60 valence electrons. The van der Waals surface area contributed by atoms with E-state index in [9.17, 15) is 4.79 Å². The molecule has 0 aliphatic carbocycles. The first-order valence-corrected chi connectivity index (χ1v) is 2.60. The lowest BCUT2D eigenvalue weighted by Crippen LogP contribution is -2.40. The van der Waals surface area contributed by atoms with Gasteiger partial charge < -0.3 is 25.2 Å². The minimum Gasteiger partial charge on any atom is -0.394 e. The fourth-order valence-electron chi connectivity index (χ4n) is 0.371. The molecule has 0 aromatic rings. The Balaban J connectivity index is 4.00. The van der Waals surface area contributed by atoms with E-state index in [0.29, 0.717) is 0 Å². The summed E-state index contributed by atoms with van der Waals surface area (Å²) in [5, 5.41) is 34.4. The molecule has 0 amide bonds. The molecule has 4 N–H and O–H groups in total. The van der Waals surface area contributed by atoms with Gasteiger partial charge in [-0.15, -0.1) is 0 Å². The monoisotopic (exact) mass is 151 g/mol. The number of carbonyl (C=O) groups excluding carboxylic acids is 1. The summed E-state index contributed by atoms with van der Waals surface area (Å²) in [6, 6.07) is 0. The van der Waals surface area contributed by atoms with Crippen LogP contribution >= 0.6 is 0 Å². The summed E-state index contributed by atoms with van der Waals surface area (Å²) < 4.78 is 6.50. The molecule has 0 heterocycles. The zero-order chi connectivity index (χ0) is 9.02. The average Bonchev–Trinajstić information content (AvgIpc) is 2.00. The van der Waals surface area contributed by atoms with E-state index in [-0.39, 0.29) is 6.29 Å². The standard InChI is InChI=1S/C5H10O5/c6-1-3(8)5(10)4(9)2-7/h1,3-5,7-10H,2H2/t3-,4+,5-/m0/s1/i2D/t2-,3+,4-,5+/m1. The highest BCUT2D eigenvalue weighted by atomic mass is 16.4. The number of rotatable bonds is 4. The molecule has 4 atom stereocenters. The molecular weight excluding hydrogens is 140 g/mol. The van der Waals surface area contributed by atoms with Gasteiger partial charge in [0.25, 0.3) is 0 Å². The third-order valence-corrected chi connectivity index (χ3v) is 0.992. The van der Waals surface area contributed by atoms with Gasteiger partial charge in [0.2, 0.25) is 0 Å². The molecule has 0 saturated carbocycles. The molecule has 0 aliphatic rings. The Morgan fingerprint density at radius 3 is 2.30 bits per heavy atom. The predicted molar refractivity (Wildman–Crippen MR) is 31.2 cm³/mol. The van der Waals surface area contributed by atoms with Gasteiger partial charge in [0.05, 0.1) is 7.95 Å². The van der Waals surface area contributed by atoms with Crippen molar-refractivity contribution in [3.05, 3.63) is 0 Å². The van der Waals surface area contributed by atoms with Crippen LogP contribution in [0.15, 0.2) is 0 Å². The summed E-state index contributed by atoms with van der Waals surface area (Å²) in [4.78, 5) is 9.81. The van der Waals surface area contributed by atoms with Crippen LogP contribution in [0.1, 0.15) is 1.37 Å². The van der Waals surface area contributed by atoms with Crippen molar-refractivity contribution in [1.29, 1.82) is 0 Å². The molecule has 0 spiro atoms. The summed E-state index contributed by atoms with van der Waals surface area (Å²) in [7, 11) is 0.